The van der Waals surface area contributed by atoms with Crippen LogP contribution in [0.25, 0.3) is 11.3 Å². The molecule has 0 saturated carbocycles. The zero-order chi connectivity index (χ0) is 15.4. The van der Waals surface area contributed by atoms with Gasteiger partial charge in [0, 0.05) is 18.7 Å². The Hall–Kier alpha value is -1.87. The topological polar surface area (TPSA) is 48.0 Å². The van der Waals surface area contributed by atoms with E-state index in [2.05, 4.69) is 45.0 Å². The maximum Gasteiger partial charge on any atom is 0.255 e. The van der Waals surface area contributed by atoms with Crippen molar-refractivity contribution in [1.82, 2.24) is 4.57 Å². The fourth-order valence-corrected chi connectivity index (χ4v) is 2.36. The highest BCUT2D eigenvalue weighted by atomic mass is 16.1. The average molecular weight is 284 g/mol. The number of pyridine rings is 1. The van der Waals surface area contributed by atoms with Crippen molar-refractivity contribution < 1.29 is 0 Å². The van der Waals surface area contributed by atoms with E-state index >= 15 is 0 Å². The van der Waals surface area contributed by atoms with E-state index in [0.717, 1.165) is 24.2 Å². The van der Waals surface area contributed by atoms with Gasteiger partial charge in [-0.15, -0.1) is 0 Å². The molecule has 0 fully saturated rings. The van der Waals surface area contributed by atoms with Gasteiger partial charge in [-0.2, -0.15) is 0 Å². The van der Waals surface area contributed by atoms with Crippen LogP contribution in [0.15, 0.2) is 41.2 Å². The predicted octanol–water partition coefficient (Wildman–Crippen LogP) is 3.33. The summed E-state index contributed by atoms with van der Waals surface area (Å²) in [4.78, 5) is 12.6. The largest absolute Gasteiger partial charge is 0.326 e. The van der Waals surface area contributed by atoms with Crippen molar-refractivity contribution in [2.45, 2.75) is 40.3 Å². The highest BCUT2D eigenvalue weighted by molar-refractivity contribution is 5.60. The molecule has 1 aromatic carbocycles. The van der Waals surface area contributed by atoms with Gasteiger partial charge in [0.1, 0.15) is 0 Å². The van der Waals surface area contributed by atoms with Crippen molar-refractivity contribution in [3.8, 4) is 11.3 Å². The van der Waals surface area contributed by atoms with Crippen LogP contribution in [-0.2, 0) is 13.1 Å². The molecule has 1 heterocycles. The lowest BCUT2D eigenvalue weighted by atomic mass is 10.1. The summed E-state index contributed by atoms with van der Waals surface area (Å²) in [6.07, 6.45) is 0.979. The Morgan fingerprint density at radius 3 is 2.33 bits per heavy atom. The average Bonchev–Trinajstić information content (AvgIpc) is 2.46. The van der Waals surface area contributed by atoms with E-state index in [9.17, 15) is 4.79 Å². The second-order valence-corrected chi connectivity index (χ2v) is 5.95. The van der Waals surface area contributed by atoms with Gasteiger partial charge in [0.2, 0.25) is 0 Å². The third kappa shape index (κ3) is 3.61. The first-order valence-electron chi connectivity index (χ1n) is 7.52. The van der Waals surface area contributed by atoms with Gasteiger partial charge < -0.3 is 10.3 Å². The van der Waals surface area contributed by atoms with Crippen LogP contribution < -0.4 is 11.3 Å². The molecular formula is C18H24N2O. The van der Waals surface area contributed by atoms with Gasteiger partial charge in [-0.05, 0) is 30.9 Å². The predicted molar refractivity (Wildman–Crippen MR) is 88.2 cm³/mol. The number of aromatic nitrogens is 1. The second-order valence-electron chi connectivity index (χ2n) is 5.95. The number of nitrogens with zero attached hydrogens (tertiary/aromatic N) is 1. The molecule has 0 amide bonds. The molecule has 3 nitrogen and oxygen atoms in total. The van der Waals surface area contributed by atoms with Crippen molar-refractivity contribution in [3.05, 3.63) is 57.9 Å². The Morgan fingerprint density at radius 1 is 1.10 bits per heavy atom. The number of hydrogen-bond donors (Lipinski definition) is 1. The maximum absolute atomic E-state index is 12.6. The summed E-state index contributed by atoms with van der Waals surface area (Å²) in [6.45, 7) is 7.42. The number of rotatable bonds is 5. The second kappa shape index (κ2) is 6.72. The van der Waals surface area contributed by atoms with Gasteiger partial charge in [-0.1, -0.05) is 49.7 Å². The molecule has 0 aliphatic carbocycles. The molecule has 0 aliphatic rings. The van der Waals surface area contributed by atoms with Crippen LogP contribution in [0.3, 0.4) is 0 Å². The Bertz CT molecular complexity index is 654. The molecule has 1 aromatic heterocycles. The Balaban J connectivity index is 2.51. The third-order valence-electron chi connectivity index (χ3n) is 3.75. The van der Waals surface area contributed by atoms with Crippen molar-refractivity contribution in [3.63, 3.8) is 0 Å². The van der Waals surface area contributed by atoms with Crippen LogP contribution in [-0.4, -0.2) is 4.57 Å². The van der Waals surface area contributed by atoms with Gasteiger partial charge in [0.25, 0.3) is 5.56 Å². The van der Waals surface area contributed by atoms with E-state index in [1.54, 1.807) is 0 Å². The molecule has 112 valence electrons. The molecule has 0 unspecified atom stereocenters. The molecule has 0 bridgehead atoms. The molecular weight excluding hydrogens is 260 g/mol. The number of nitrogens with two attached hydrogens (primary N) is 1. The van der Waals surface area contributed by atoms with Gasteiger partial charge in [-0.3, -0.25) is 4.79 Å². The van der Waals surface area contributed by atoms with Crippen LogP contribution in [0.5, 0.6) is 0 Å². The van der Waals surface area contributed by atoms with Gasteiger partial charge in [0.05, 0.1) is 5.69 Å². The summed E-state index contributed by atoms with van der Waals surface area (Å²) in [5.41, 5.74) is 9.64. The first-order chi connectivity index (χ1) is 10.0. The summed E-state index contributed by atoms with van der Waals surface area (Å²) in [7, 11) is 0. The lowest BCUT2D eigenvalue weighted by Gasteiger charge is -2.16. The summed E-state index contributed by atoms with van der Waals surface area (Å²) in [6, 6.07) is 12.1. The molecule has 3 heteroatoms. The van der Waals surface area contributed by atoms with E-state index in [1.807, 2.05) is 16.7 Å². The molecule has 2 aromatic rings. The number of hydrogen-bond acceptors (Lipinski definition) is 2. The zero-order valence-corrected chi connectivity index (χ0v) is 13.1. The van der Waals surface area contributed by atoms with E-state index in [-0.39, 0.29) is 12.1 Å². The van der Waals surface area contributed by atoms with Gasteiger partial charge >= 0.3 is 0 Å². The SMILES string of the molecule is Cc1ccc(-c2ccc(CN)c(=O)n2CCC(C)C)cc1. The number of aryl methyl sites for hydroxylation is 1. The van der Waals surface area contributed by atoms with Crippen LogP contribution in [0.2, 0.25) is 0 Å². The number of benzene rings is 1. The quantitative estimate of drug-likeness (QED) is 0.915. The monoisotopic (exact) mass is 284 g/mol. The fourth-order valence-electron chi connectivity index (χ4n) is 2.36. The summed E-state index contributed by atoms with van der Waals surface area (Å²) >= 11 is 0. The lowest BCUT2D eigenvalue weighted by Crippen LogP contribution is -2.27. The molecule has 0 spiro atoms. The molecule has 0 saturated heterocycles. The van der Waals surface area contributed by atoms with Gasteiger partial charge in [-0.25, -0.2) is 0 Å². The highest BCUT2D eigenvalue weighted by Gasteiger charge is 2.10. The smallest absolute Gasteiger partial charge is 0.255 e. The Kier molecular flexibility index (Phi) is 4.97. The highest BCUT2D eigenvalue weighted by Crippen LogP contribution is 2.20. The van der Waals surface area contributed by atoms with Gasteiger partial charge in [0.15, 0.2) is 0 Å². The molecule has 2 N–H and O–H groups in total. The molecule has 2 rings (SSSR count). The van der Waals surface area contributed by atoms with Crippen molar-refractivity contribution in [2.24, 2.45) is 11.7 Å². The standard InChI is InChI=1S/C18H24N2O/c1-13(2)10-11-20-17(9-8-16(12-19)18(20)21)15-6-4-14(3)5-7-15/h4-9,13H,10-12,19H2,1-3H3. The molecule has 0 radical (unpaired) electrons. The van der Waals surface area contributed by atoms with E-state index in [1.165, 1.54) is 5.56 Å². The summed E-state index contributed by atoms with van der Waals surface area (Å²) < 4.78 is 1.87. The summed E-state index contributed by atoms with van der Waals surface area (Å²) in [5.74, 6) is 0.560. The molecule has 0 aliphatic heterocycles. The minimum atomic E-state index is 0.0382. The van der Waals surface area contributed by atoms with Crippen molar-refractivity contribution in [1.29, 1.82) is 0 Å². The van der Waals surface area contributed by atoms with Crippen molar-refractivity contribution in [2.75, 3.05) is 0 Å². The Morgan fingerprint density at radius 2 is 1.76 bits per heavy atom. The minimum absolute atomic E-state index is 0.0382. The fraction of sp³-hybridized carbons (Fsp3) is 0.389. The molecule has 0 atom stereocenters. The zero-order valence-electron chi connectivity index (χ0n) is 13.1. The van der Waals surface area contributed by atoms with Crippen LogP contribution in [0.4, 0.5) is 0 Å². The van der Waals surface area contributed by atoms with E-state index in [4.69, 9.17) is 5.73 Å². The van der Waals surface area contributed by atoms with Crippen LogP contribution in [0, 0.1) is 12.8 Å². The van der Waals surface area contributed by atoms with Crippen LogP contribution >= 0.6 is 0 Å². The summed E-state index contributed by atoms with van der Waals surface area (Å²) in [5, 5.41) is 0. The third-order valence-corrected chi connectivity index (χ3v) is 3.75. The Labute approximate surface area is 126 Å². The minimum Gasteiger partial charge on any atom is -0.326 e. The first kappa shape index (κ1) is 15.5. The lowest BCUT2D eigenvalue weighted by molar-refractivity contribution is 0.509. The van der Waals surface area contributed by atoms with Crippen LogP contribution in [0.1, 0.15) is 31.4 Å². The van der Waals surface area contributed by atoms with Crippen molar-refractivity contribution >= 4 is 0 Å². The maximum atomic E-state index is 12.6. The van der Waals surface area contributed by atoms with E-state index < -0.39 is 0 Å². The van der Waals surface area contributed by atoms with E-state index in [0.29, 0.717) is 11.5 Å². The first-order valence-corrected chi connectivity index (χ1v) is 7.52. The normalized spacial score (nSPS) is 11.1. The molecule has 21 heavy (non-hydrogen) atoms.